The second kappa shape index (κ2) is 8.05. The number of nitrogen functional groups attached to an aromatic ring is 1. The van der Waals surface area contributed by atoms with E-state index >= 15 is 0 Å². The first-order valence-corrected chi connectivity index (χ1v) is 5.87. The van der Waals surface area contributed by atoms with Crippen molar-refractivity contribution >= 4 is 23.4 Å². The summed E-state index contributed by atoms with van der Waals surface area (Å²) >= 11 is 5.94. The minimum atomic E-state index is 0.344. The van der Waals surface area contributed by atoms with E-state index in [0.29, 0.717) is 16.8 Å². The van der Waals surface area contributed by atoms with Gasteiger partial charge in [0.25, 0.3) is 0 Å². The predicted molar refractivity (Wildman–Crippen MR) is 69.1 cm³/mol. The van der Waals surface area contributed by atoms with Gasteiger partial charge in [-0.05, 0) is 19.3 Å². The van der Waals surface area contributed by atoms with E-state index in [2.05, 4.69) is 20.7 Å². The van der Waals surface area contributed by atoms with Gasteiger partial charge in [-0.3, -0.25) is 5.43 Å². The van der Waals surface area contributed by atoms with Crippen LogP contribution in [-0.4, -0.2) is 30.2 Å². The highest BCUT2D eigenvalue weighted by atomic mass is 35.5. The zero-order valence-corrected chi connectivity index (χ0v) is 10.6. The Hall–Kier alpha value is -1.11. The number of unbranched alkanes of at least 4 members (excludes halogenated alkanes) is 2. The lowest BCUT2D eigenvalue weighted by atomic mass is 10.2. The molecule has 7 heteroatoms. The largest absolute Gasteiger partial charge is 0.385 e. The number of anilines is 2. The number of hydrogen-bond acceptors (Lipinski definition) is 6. The molecule has 4 N–H and O–H groups in total. The molecule has 0 aliphatic rings. The molecule has 1 aromatic heterocycles. The SMILES string of the molecule is COCCCCCNc1nc(NN)ncc1Cl. The van der Waals surface area contributed by atoms with Crippen LogP contribution in [0, 0.1) is 0 Å². The maximum absolute atomic E-state index is 5.94. The van der Waals surface area contributed by atoms with E-state index in [1.807, 2.05) is 0 Å². The number of hydrogen-bond donors (Lipinski definition) is 3. The van der Waals surface area contributed by atoms with Crippen molar-refractivity contribution in [2.75, 3.05) is 31.0 Å². The van der Waals surface area contributed by atoms with Gasteiger partial charge in [-0.25, -0.2) is 10.8 Å². The normalized spacial score (nSPS) is 10.3. The molecule has 0 radical (unpaired) electrons. The molecular formula is C10H18ClN5O. The van der Waals surface area contributed by atoms with Gasteiger partial charge in [-0.2, -0.15) is 4.98 Å². The number of ether oxygens (including phenoxy) is 1. The molecule has 0 unspecified atom stereocenters. The number of methoxy groups -OCH3 is 1. The number of hydrazine groups is 1. The lowest BCUT2D eigenvalue weighted by Gasteiger charge is -2.08. The van der Waals surface area contributed by atoms with Crippen LogP contribution >= 0.6 is 11.6 Å². The van der Waals surface area contributed by atoms with Gasteiger partial charge in [0.15, 0.2) is 5.82 Å². The van der Waals surface area contributed by atoms with Gasteiger partial charge in [0.1, 0.15) is 5.02 Å². The molecular weight excluding hydrogens is 242 g/mol. The zero-order valence-electron chi connectivity index (χ0n) is 9.87. The number of rotatable bonds is 8. The number of nitrogens with one attached hydrogen (secondary N) is 2. The third-order valence-electron chi connectivity index (χ3n) is 2.19. The lowest BCUT2D eigenvalue weighted by Crippen LogP contribution is -2.12. The Morgan fingerprint density at radius 2 is 2.24 bits per heavy atom. The second-order valence-corrected chi connectivity index (χ2v) is 3.92. The molecule has 17 heavy (non-hydrogen) atoms. The summed E-state index contributed by atoms with van der Waals surface area (Å²) in [5, 5.41) is 3.63. The molecule has 0 spiro atoms. The Bertz CT molecular complexity index is 336. The van der Waals surface area contributed by atoms with E-state index in [9.17, 15) is 0 Å². The van der Waals surface area contributed by atoms with Crippen LogP contribution in [0.1, 0.15) is 19.3 Å². The predicted octanol–water partition coefficient (Wildman–Crippen LogP) is 1.64. The van der Waals surface area contributed by atoms with Crippen LogP contribution in [0.4, 0.5) is 11.8 Å². The number of nitrogens with zero attached hydrogens (tertiary/aromatic N) is 2. The van der Waals surface area contributed by atoms with Crippen molar-refractivity contribution in [1.82, 2.24) is 9.97 Å². The van der Waals surface area contributed by atoms with Crippen molar-refractivity contribution in [3.63, 3.8) is 0 Å². The van der Waals surface area contributed by atoms with Gasteiger partial charge in [0.2, 0.25) is 5.95 Å². The van der Waals surface area contributed by atoms with Crippen molar-refractivity contribution in [1.29, 1.82) is 0 Å². The summed E-state index contributed by atoms with van der Waals surface area (Å²) in [6.45, 7) is 1.61. The van der Waals surface area contributed by atoms with Gasteiger partial charge in [0.05, 0.1) is 6.20 Å². The maximum atomic E-state index is 5.94. The Kier molecular flexibility index (Phi) is 6.61. The zero-order chi connectivity index (χ0) is 12.5. The summed E-state index contributed by atoms with van der Waals surface area (Å²) < 4.78 is 4.97. The second-order valence-electron chi connectivity index (χ2n) is 3.51. The van der Waals surface area contributed by atoms with Crippen molar-refractivity contribution in [3.8, 4) is 0 Å². The van der Waals surface area contributed by atoms with Gasteiger partial charge in [-0.15, -0.1) is 0 Å². The van der Waals surface area contributed by atoms with Gasteiger partial charge in [-0.1, -0.05) is 11.6 Å². The molecule has 0 aliphatic heterocycles. The van der Waals surface area contributed by atoms with Crippen molar-refractivity contribution in [3.05, 3.63) is 11.2 Å². The first-order valence-electron chi connectivity index (χ1n) is 5.50. The maximum Gasteiger partial charge on any atom is 0.239 e. The van der Waals surface area contributed by atoms with Crippen LogP contribution in [0.15, 0.2) is 6.20 Å². The quantitative estimate of drug-likeness (QED) is 0.374. The molecule has 96 valence electrons. The Balaban J connectivity index is 2.30. The molecule has 1 heterocycles. The number of nitrogens with two attached hydrogens (primary N) is 1. The summed E-state index contributed by atoms with van der Waals surface area (Å²) in [7, 11) is 1.71. The molecule has 0 bridgehead atoms. The van der Waals surface area contributed by atoms with Crippen LogP contribution in [0.25, 0.3) is 0 Å². The van der Waals surface area contributed by atoms with E-state index in [1.165, 1.54) is 6.20 Å². The van der Waals surface area contributed by atoms with Gasteiger partial charge < -0.3 is 10.1 Å². The molecule has 6 nitrogen and oxygen atoms in total. The van der Waals surface area contributed by atoms with Crippen LogP contribution in [0.3, 0.4) is 0 Å². The van der Waals surface area contributed by atoms with Crippen molar-refractivity contribution < 1.29 is 4.74 Å². The number of aromatic nitrogens is 2. The molecule has 0 saturated heterocycles. The van der Waals surface area contributed by atoms with Crippen LogP contribution in [0.2, 0.25) is 5.02 Å². The minimum Gasteiger partial charge on any atom is -0.385 e. The highest BCUT2D eigenvalue weighted by Crippen LogP contribution is 2.18. The van der Waals surface area contributed by atoms with Crippen LogP contribution in [0.5, 0.6) is 0 Å². The topological polar surface area (TPSA) is 85.1 Å². The summed E-state index contributed by atoms with van der Waals surface area (Å²) in [6, 6.07) is 0. The van der Waals surface area contributed by atoms with Crippen LogP contribution in [-0.2, 0) is 4.74 Å². The van der Waals surface area contributed by atoms with E-state index in [4.69, 9.17) is 22.2 Å². The lowest BCUT2D eigenvalue weighted by molar-refractivity contribution is 0.192. The number of halogens is 1. The summed E-state index contributed by atoms with van der Waals surface area (Å²) in [5.41, 5.74) is 2.38. The van der Waals surface area contributed by atoms with E-state index in [1.54, 1.807) is 7.11 Å². The Morgan fingerprint density at radius 1 is 1.41 bits per heavy atom. The van der Waals surface area contributed by atoms with E-state index in [0.717, 1.165) is 32.4 Å². The molecule has 1 rings (SSSR count). The average Bonchev–Trinajstić information content (AvgIpc) is 2.35. The summed E-state index contributed by atoms with van der Waals surface area (Å²) in [6.07, 6.45) is 4.71. The highest BCUT2D eigenvalue weighted by molar-refractivity contribution is 6.32. The molecule has 0 fully saturated rings. The fraction of sp³-hybridized carbons (Fsp3) is 0.600. The smallest absolute Gasteiger partial charge is 0.239 e. The summed E-state index contributed by atoms with van der Waals surface area (Å²) in [4.78, 5) is 8.00. The molecule has 0 aromatic carbocycles. The molecule has 1 aromatic rings. The Labute approximate surface area is 106 Å². The fourth-order valence-electron chi connectivity index (χ4n) is 1.32. The minimum absolute atomic E-state index is 0.344. The highest BCUT2D eigenvalue weighted by Gasteiger charge is 2.03. The molecule has 0 amide bonds. The molecule has 0 saturated carbocycles. The van der Waals surface area contributed by atoms with Gasteiger partial charge in [0, 0.05) is 20.3 Å². The van der Waals surface area contributed by atoms with Gasteiger partial charge >= 0.3 is 0 Å². The van der Waals surface area contributed by atoms with Crippen molar-refractivity contribution in [2.45, 2.75) is 19.3 Å². The molecule has 0 aliphatic carbocycles. The first kappa shape index (κ1) is 14.0. The first-order chi connectivity index (χ1) is 8.27. The Morgan fingerprint density at radius 3 is 2.94 bits per heavy atom. The van der Waals surface area contributed by atoms with E-state index < -0.39 is 0 Å². The third kappa shape index (κ3) is 5.16. The monoisotopic (exact) mass is 259 g/mol. The fourth-order valence-corrected chi connectivity index (χ4v) is 1.47. The van der Waals surface area contributed by atoms with E-state index in [-0.39, 0.29) is 0 Å². The third-order valence-corrected chi connectivity index (χ3v) is 2.47. The van der Waals surface area contributed by atoms with Crippen LogP contribution < -0.4 is 16.6 Å². The standard InChI is InChI=1S/C10H18ClN5O/c1-17-6-4-2-3-5-13-9-8(11)7-14-10(15-9)16-12/h7H,2-6,12H2,1H3,(H2,13,14,15,16). The summed E-state index contributed by atoms with van der Waals surface area (Å²) in [5.74, 6) is 6.16. The van der Waals surface area contributed by atoms with Crippen molar-refractivity contribution in [2.24, 2.45) is 5.84 Å². The molecule has 0 atom stereocenters. The average molecular weight is 260 g/mol.